The zero-order valence-electron chi connectivity index (χ0n) is 14.6. The molecule has 0 aliphatic rings. The Hall–Kier alpha value is -1.04. The van der Waals surface area contributed by atoms with Crippen molar-refractivity contribution in [2.45, 2.75) is 67.2 Å². The number of rotatable bonds is 9. The summed E-state index contributed by atoms with van der Waals surface area (Å²) < 4.78 is 0. The minimum atomic E-state index is 0.751. The second-order valence-corrected chi connectivity index (χ2v) is 6.74. The summed E-state index contributed by atoms with van der Waals surface area (Å²) >= 11 is 0. The van der Waals surface area contributed by atoms with E-state index in [4.69, 9.17) is 0 Å². The molecular weight excluding hydrogens is 240 g/mol. The molecule has 114 valence electrons. The standard InChI is InChI=1S/C20H34/c1-15(2)10-9-11-18(7)12-13-20(17(5)6)19(8)14-16(3)4/h13-15,18H,3,5,9-12H2,1-2,4,6-8H3. The summed E-state index contributed by atoms with van der Waals surface area (Å²) in [5, 5.41) is 0. The van der Waals surface area contributed by atoms with Crippen LogP contribution in [0.2, 0.25) is 0 Å². The van der Waals surface area contributed by atoms with Gasteiger partial charge in [0.2, 0.25) is 0 Å². The molecule has 0 aromatic rings. The molecule has 0 N–H and O–H groups in total. The summed E-state index contributed by atoms with van der Waals surface area (Å²) in [6.45, 7) is 21.3. The van der Waals surface area contributed by atoms with Crippen molar-refractivity contribution in [2.24, 2.45) is 11.8 Å². The third-order valence-electron chi connectivity index (χ3n) is 3.55. The fourth-order valence-electron chi connectivity index (χ4n) is 2.43. The third-order valence-corrected chi connectivity index (χ3v) is 3.55. The van der Waals surface area contributed by atoms with Crippen LogP contribution in [0.5, 0.6) is 0 Å². The van der Waals surface area contributed by atoms with Crippen molar-refractivity contribution in [3.8, 4) is 0 Å². The molecule has 20 heavy (non-hydrogen) atoms. The molecule has 0 rings (SSSR count). The van der Waals surface area contributed by atoms with Crippen molar-refractivity contribution < 1.29 is 0 Å². The summed E-state index contributed by atoms with van der Waals surface area (Å²) in [4.78, 5) is 0. The van der Waals surface area contributed by atoms with Gasteiger partial charge >= 0.3 is 0 Å². The summed E-state index contributed by atoms with van der Waals surface area (Å²) in [7, 11) is 0. The zero-order valence-corrected chi connectivity index (χ0v) is 14.6. The Balaban J connectivity index is 4.56. The Labute approximate surface area is 127 Å². The van der Waals surface area contributed by atoms with Crippen LogP contribution >= 0.6 is 0 Å². The number of allylic oxidation sites excluding steroid dienone is 6. The van der Waals surface area contributed by atoms with Crippen LogP contribution in [0.3, 0.4) is 0 Å². The van der Waals surface area contributed by atoms with Crippen LogP contribution in [-0.4, -0.2) is 0 Å². The highest BCUT2D eigenvalue weighted by molar-refractivity contribution is 5.45. The Bertz CT molecular complexity index is 377. The van der Waals surface area contributed by atoms with Crippen molar-refractivity contribution in [1.82, 2.24) is 0 Å². The lowest BCUT2D eigenvalue weighted by atomic mass is 9.93. The van der Waals surface area contributed by atoms with Crippen LogP contribution in [0.25, 0.3) is 0 Å². The smallest absolute Gasteiger partial charge is 0.0244 e. The molecule has 0 aliphatic heterocycles. The quantitative estimate of drug-likeness (QED) is 0.403. The molecule has 0 aliphatic carbocycles. The highest BCUT2D eigenvalue weighted by Gasteiger charge is 2.05. The van der Waals surface area contributed by atoms with Gasteiger partial charge in [-0.15, -0.1) is 0 Å². The lowest BCUT2D eigenvalue weighted by Crippen LogP contribution is -1.97. The first-order valence-corrected chi connectivity index (χ1v) is 7.94. The minimum absolute atomic E-state index is 0.751. The maximum Gasteiger partial charge on any atom is -0.0244 e. The molecule has 0 nitrogen and oxygen atoms in total. The molecule has 0 aromatic heterocycles. The Kier molecular flexibility index (Phi) is 9.29. The number of hydrogen-bond donors (Lipinski definition) is 0. The van der Waals surface area contributed by atoms with Crippen LogP contribution in [0.1, 0.15) is 67.2 Å². The predicted molar refractivity (Wildman–Crippen MR) is 93.9 cm³/mol. The van der Waals surface area contributed by atoms with Crippen LogP contribution in [0.4, 0.5) is 0 Å². The molecule has 0 bridgehead atoms. The van der Waals surface area contributed by atoms with Gasteiger partial charge in [-0.05, 0) is 50.2 Å². The molecule has 0 heteroatoms. The summed E-state index contributed by atoms with van der Waals surface area (Å²) in [5.74, 6) is 1.57. The number of hydrogen-bond acceptors (Lipinski definition) is 0. The van der Waals surface area contributed by atoms with Crippen LogP contribution in [0, 0.1) is 11.8 Å². The topological polar surface area (TPSA) is 0 Å². The molecule has 0 heterocycles. The maximum absolute atomic E-state index is 4.11. The average Bonchev–Trinajstić information content (AvgIpc) is 2.26. The van der Waals surface area contributed by atoms with E-state index in [1.165, 1.54) is 30.4 Å². The van der Waals surface area contributed by atoms with E-state index in [1.807, 2.05) is 6.92 Å². The third kappa shape index (κ3) is 8.96. The van der Waals surface area contributed by atoms with Crippen LogP contribution in [0.15, 0.2) is 47.6 Å². The maximum atomic E-state index is 4.11. The van der Waals surface area contributed by atoms with Gasteiger partial charge in [0.15, 0.2) is 0 Å². The van der Waals surface area contributed by atoms with Crippen molar-refractivity contribution in [2.75, 3.05) is 0 Å². The van der Waals surface area contributed by atoms with Crippen molar-refractivity contribution in [1.29, 1.82) is 0 Å². The molecule has 0 radical (unpaired) electrons. The minimum Gasteiger partial charge on any atom is -0.0961 e. The van der Waals surface area contributed by atoms with E-state index >= 15 is 0 Å². The van der Waals surface area contributed by atoms with E-state index in [-0.39, 0.29) is 0 Å². The van der Waals surface area contributed by atoms with E-state index < -0.39 is 0 Å². The molecule has 0 spiro atoms. The molecule has 0 saturated carbocycles. The molecule has 0 aromatic carbocycles. The normalized spacial score (nSPS) is 14.6. The van der Waals surface area contributed by atoms with E-state index in [1.54, 1.807) is 0 Å². The van der Waals surface area contributed by atoms with E-state index in [9.17, 15) is 0 Å². The summed E-state index contributed by atoms with van der Waals surface area (Å²) in [6.07, 6.45) is 9.65. The van der Waals surface area contributed by atoms with Gasteiger partial charge in [-0.3, -0.25) is 0 Å². The van der Waals surface area contributed by atoms with Gasteiger partial charge in [-0.1, -0.05) is 76.5 Å². The van der Waals surface area contributed by atoms with Gasteiger partial charge in [0.1, 0.15) is 0 Å². The molecular formula is C20H34. The lowest BCUT2D eigenvalue weighted by molar-refractivity contribution is 0.460. The summed E-state index contributed by atoms with van der Waals surface area (Å²) in [5.41, 5.74) is 4.82. The first kappa shape index (κ1) is 19.0. The molecule has 1 atom stereocenters. The fraction of sp³-hybridized carbons (Fsp3) is 0.600. The largest absolute Gasteiger partial charge is 0.0961 e. The highest BCUT2D eigenvalue weighted by atomic mass is 14.1. The van der Waals surface area contributed by atoms with E-state index in [2.05, 4.69) is 59.9 Å². The summed E-state index contributed by atoms with van der Waals surface area (Å²) in [6, 6.07) is 0. The first-order valence-electron chi connectivity index (χ1n) is 7.94. The highest BCUT2D eigenvalue weighted by Crippen LogP contribution is 2.22. The Morgan fingerprint density at radius 1 is 1.00 bits per heavy atom. The second kappa shape index (κ2) is 9.80. The monoisotopic (exact) mass is 274 g/mol. The molecule has 0 saturated heterocycles. The lowest BCUT2D eigenvalue weighted by Gasteiger charge is -2.13. The zero-order chi connectivity index (χ0) is 15.7. The van der Waals surface area contributed by atoms with Gasteiger partial charge in [0.25, 0.3) is 0 Å². The second-order valence-electron chi connectivity index (χ2n) is 6.74. The molecule has 0 amide bonds. The van der Waals surface area contributed by atoms with Crippen LogP contribution < -0.4 is 0 Å². The van der Waals surface area contributed by atoms with Gasteiger partial charge in [0, 0.05) is 0 Å². The first-order chi connectivity index (χ1) is 9.23. The van der Waals surface area contributed by atoms with E-state index in [0.29, 0.717) is 0 Å². The SMILES string of the molecule is C=C(C)C=C(C)C(=CCC(C)CCCC(C)C)C(=C)C. The van der Waals surface area contributed by atoms with Gasteiger partial charge < -0.3 is 0 Å². The van der Waals surface area contributed by atoms with Crippen molar-refractivity contribution >= 4 is 0 Å². The fourth-order valence-corrected chi connectivity index (χ4v) is 2.43. The van der Waals surface area contributed by atoms with Gasteiger partial charge in [-0.2, -0.15) is 0 Å². The average molecular weight is 274 g/mol. The molecule has 0 fully saturated rings. The van der Waals surface area contributed by atoms with E-state index in [0.717, 1.165) is 29.4 Å². The Morgan fingerprint density at radius 2 is 1.60 bits per heavy atom. The van der Waals surface area contributed by atoms with Gasteiger partial charge in [-0.25, -0.2) is 0 Å². The Morgan fingerprint density at radius 3 is 2.05 bits per heavy atom. The van der Waals surface area contributed by atoms with Crippen LogP contribution in [-0.2, 0) is 0 Å². The van der Waals surface area contributed by atoms with Crippen molar-refractivity contribution in [3.63, 3.8) is 0 Å². The van der Waals surface area contributed by atoms with Gasteiger partial charge in [0.05, 0.1) is 0 Å². The van der Waals surface area contributed by atoms with Crippen molar-refractivity contribution in [3.05, 3.63) is 47.6 Å². The molecule has 1 unspecified atom stereocenters. The predicted octanol–water partition coefficient (Wildman–Crippen LogP) is 6.86.